The molecule has 1 aliphatic rings. The lowest BCUT2D eigenvalue weighted by molar-refractivity contribution is 0.0532. The number of carbonyl (C=O) groups excluding carboxylic acids is 1. The van der Waals surface area contributed by atoms with E-state index < -0.39 is 0 Å². The van der Waals surface area contributed by atoms with Crippen molar-refractivity contribution >= 4 is 22.5 Å². The molecule has 1 aromatic carbocycles. The Kier molecular flexibility index (Phi) is 5.72. The second kappa shape index (κ2) is 8.44. The number of aromatic nitrogens is 3. The van der Waals surface area contributed by atoms with E-state index in [2.05, 4.69) is 22.1 Å². The number of H-pyrrole nitrogens is 1. The third kappa shape index (κ3) is 3.89. The molecule has 158 valence electrons. The highest BCUT2D eigenvalue weighted by molar-refractivity contribution is 5.97. The third-order valence-corrected chi connectivity index (χ3v) is 5.61. The zero-order chi connectivity index (χ0) is 21.3. The van der Waals surface area contributed by atoms with Crippen LogP contribution in [-0.2, 0) is 4.74 Å². The van der Waals surface area contributed by atoms with E-state index in [1.54, 1.807) is 30.3 Å². The minimum absolute atomic E-state index is 0.0779. The van der Waals surface area contributed by atoms with Gasteiger partial charge in [-0.2, -0.15) is 0 Å². The Labute approximate surface area is 175 Å². The van der Waals surface area contributed by atoms with Crippen molar-refractivity contribution in [2.45, 2.75) is 45.1 Å². The molecule has 1 aliphatic carbocycles. The number of ether oxygens (including phenoxy) is 1. The third-order valence-electron chi connectivity index (χ3n) is 5.61. The average Bonchev–Trinajstić information content (AvgIpc) is 3.19. The summed E-state index contributed by atoms with van der Waals surface area (Å²) in [4.78, 5) is 34.7. The van der Waals surface area contributed by atoms with E-state index in [0.29, 0.717) is 29.7 Å². The fraction of sp³-hybridized carbons (Fsp3) is 0.435. The molecule has 0 radical (unpaired) electrons. The van der Waals surface area contributed by atoms with E-state index in [1.165, 1.54) is 0 Å². The number of rotatable bonds is 6. The smallest absolute Gasteiger partial charge is 0.274 e. The van der Waals surface area contributed by atoms with Crippen LogP contribution in [0.1, 0.15) is 55.2 Å². The number of carbonyl (C=O) groups is 1. The standard InChI is InChI=1S/C23H28N4O3/c1-15(2)30-12-11-26(3)23(29)17-9-10-18-19(13-17)27-20(22(28)25-18)14-24-21(27)16-7-5-4-6-8-16/h4-5,9-10,13-16H,6-8,11-12H2,1-3H3,(H,25,28). The van der Waals surface area contributed by atoms with Gasteiger partial charge >= 0.3 is 0 Å². The number of hydrogen-bond donors (Lipinski definition) is 1. The van der Waals surface area contributed by atoms with Gasteiger partial charge in [0.1, 0.15) is 11.3 Å². The van der Waals surface area contributed by atoms with E-state index in [4.69, 9.17) is 4.74 Å². The SMILES string of the molecule is CC(C)OCCN(C)C(=O)c1ccc2[nH]c(=O)c3cnc(C4CC=CCC4)n3c2c1. The highest BCUT2D eigenvalue weighted by Crippen LogP contribution is 2.30. The lowest BCUT2D eigenvalue weighted by Gasteiger charge is -2.19. The van der Waals surface area contributed by atoms with E-state index in [1.807, 2.05) is 24.3 Å². The first kappa shape index (κ1) is 20.3. The molecular formula is C23H28N4O3. The van der Waals surface area contributed by atoms with Gasteiger partial charge in [-0.25, -0.2) is 4.98 Å². The second-order valence-electron chi connectivity index (χ2n) is 8.15. The summed E-state index contributed by atoms with van der Waals surface area (Å²) in [5.41, 5.74) is 2.40. The zero-order valence-corrected chi connectivity index (χ0v) is 17.7. The molecule has 30 heavy (non-hydrogen) atoms. The van der Waals surface area contributed by atoms with Gasteiger partial charge in [0, 0.05) is 25.1 Å². The van der Waals surface area contributed by atoms with Crippen LogP contribution in [0.25, 0.3) is 16.6 Å². The van der Waals surface area contributed by atoms with Crippen LogP contribution in [0.5, 0.6) is 0 Å². The maximum absolute atomic E-state index is 13.0. The van der Waals surface area contributed by atoms with Crippen molar-refractivity contribution < 1.29 is 9.53 Å². The first-order valence-corrected chi connectivity index (χ1v) is 10.5. The molecule has 3 aromatic rings. The minimum atomic E-state index is -0.172. The fourth-order valence-electron chi connectivity index (χ4n) is 3.98. The lowest BCUT2D eigenvalue weighted by atomic mass is 9.93. The summed E-state index contributed by atoms with van der Waals surface area (Å²) >= 11 is 0. The Morgan fingerprint density at radius 2 is 2.17 bits per heavy atom. The molecule has 0 spiro atoms. The van der Waals surface area contributed by atoms with Crippen molar-refractivity contribution in [1.82, 2.24) is 19.3 Å². The Morgan fingerprint density at radius 3 is 2.90 bits per heavy atom. The van der Waals surface area contributed by atoms with E-state index in [0.717, 1.165) is 30.6 Å². The van der Waals surface area contributed by atoms with Crippen molar-refractivity contribution in [3.63, 3.8) is 0 Å². The summed E-state index contributed by atoms with van der Waals surface area (Å²) in [7, 11) is 1.77. The van der Waals surface area contributed by atoms with Crippen LogP contribution in [0.4, 0.5) is 0 Å². The molecule has 0 fully saturated rings. The quantitative estimate of drug-likeness (QED) is 0.633. The highest BCUT2D eigenvalue weighted by Gasteiger charge is 2.21. The summed E-state index contributed by atoms with van der Waals surface area (Å²) in [6, 6.07) is 5.41. The zero-order valence-electron chi connectivity index (χ0n) is 17.7. The Morgan fingerprint density at radius 1 is 1.33 bits per heavy atom. The molecule has 0 saturated carbocycles. The maximum Gasteiger partial charge on any atom is 0.274 e. The van der Waals surface area contributed by atoms with Gasteiger partial charge in [-0.05, 0) is 51.3 Å². The summed E-state index contributed by atoms with van der Waals surface area (Å²) in [5, 5.41) is 0. The molecule has 0 bridgehead atoms. The number of likely N-dealkylation sites (N-methyl/N-ethyl adjacent to an activating group) is 1. The molecule has 2 aromatic heterocycles. The van der Waals surface area contributed by atoms with Crippen LogP contribution >= 0.6 is 0 Å². The highest BCUT2D eigenvalue weighted by atomic mass is 16.5. The number of fused-ring (bicyclic) bond motifs is 3. The molecule has 0 aliphatic heterocycles. The van der Waals surface area contributed by atoms with E-state index in [-0.39, 0.29) is 23.5 Å². The second-order valence-corrected chi connectivity index (χ2v) is 8.15. The van der Waals surface area contributed by atoms with Gasteiger partial charge in [0.2, 0.25) is 0 Å². The van der Waals surface area contributed by atoms with Crippen LogP contribution in [0.2, 0.25) is 0 Å². The number of imidazole rings is 1. The summed E-state index contributed by atoms with van der Waals surface area (Å²) < 4.78 is 7.49. The first-order valence-electron chi connectivity index (χ1n) is 10.5. The molecule has 0 saturated heterocycles. The van der Waals surface area contributed by atoms with Crippen LogP contribution in [0, 0.1) is 0 Å². The topological polar surface area (TPSA) is 79.7 Å². The molecule has 7 heteroatoms. The molecular weight excluding hydrogens is 380 g/mol. The summed E-state index contributed by atoms with van der Waals surface area (Å²) in [5.74, 6) is 1.07. The van der Waals surface area contributed by atoms with Gasteiger partial charge < -0.3 is 14.6 Å². The predicted molar refractivity (Wildman–Crippen MR) is 117 cm³/mol. The molecule has 7 nitrogen and oxygen atoms in total. The Hall–Kier alpha value is -2.93. The van der Waals surface area contributed by atoms with E-state index in [9.17, 15) is 9.59 Å². The number of aromatic amines is 1. The van der Waals surface area contributed by atoms with Crippen LogP contribution in [0.3, 0.4) is 0 Å². The van der Waals surface area contributed by atoms with Crippen molar-refractivity contribution in [1.29, 1.82) is 0 Å². The summed E-state index contributed by atoms with van der Waals surface area (Å²) in [6.07, 6.45) is 9.05. The number of nitrogens with zero attached hydrogens (tertiary/aromatic N) is 3. The number of benzene rings is 1. The largest absolute Gasteiger partial charge is 0.377 e. The van der Waals surface area contributed by atoms with Crippen LogP contribution in [0.15, 0.2) is 41.3 Å². The van der Waals surface area contributed by atoms with Crippen molar-refractivity contribution in [3.05, 3.63) is 58.3 Å². The van der Waals surface area contributed by atoms with Crippen molar-refractivity contribution in [3.8, 4) is 0 Å². The molecule has 4 rings (SSSR count). The molecule has 1 atom stereocenters. The van der Waals surface area contributed by atoms with Gasteiger partial charge in [0.05, 0.1) is 29.9 Å². The van der Waals surface area contributed by atoms with Gasteiger partial charge in [-0.15, -0.1) is 0 Å². The first-order chi connectivity index (χ1) is 14.5. The lowest BCUT2D eigenvalue weighted by Crippen LogP contribution is -2.30. The monoisotopic (exact) mass is 408 g/mol. The van der Waals surface area contributed by atoms with Gasteiger partial charge in [0.15, 0.2) is 0 Å². The minimum Gasteiger partial charge on any atom is -0.377 e. The average molecular weight is 409 g/mol. The van der Waals surface area contributed by atoms with Gasteiger partial charge in [-0.1, -0.05) is 12.2 Å². The normalized spacial score (nSPS) is 16.6. The fourth-order valence-corrected chi connectivity index (χ4v) is 3.98. The number of nitrogens with one attached hydrogen (secondary N) is 1. The number of hydrogen-bond acceptors (Lipinski definition) is 4. The Balaban J connectivity index is 1.74. The number of amides is 1. The van der Waals surface area contributed by atoms with Gasteiger partial charge in [-0.3, -0.25) is 14.0 Å². The van der Waals surface area contributed by atoms with Crippen molar-refractivity contribution in [2.24, 2.45) is 0 Å². The van der Waals surface area contributed by atoms with Gasteiger partial charge in [0.25, 0.3) is 11.5 Å². The van der Waals surface area contributed by atoms with E-state index >= 15 is 0 Å². The predicted octanol–water partition coefficient (Wildman–Crippen LogP) is 3.50. The van der Waals surface area contributed by atoms with Crippen LogP contribution < -0.4 is 5.56 Å². The summed E-state index contributed by atoms with van der Waals surface area (Å²) in [6.45, 7) is 4.96. The van der Waals surface area contributed by atoms with Crippen LogP contribution in [-0.4, -0.2) is 51.5 Å². The molecule has 1 N–H and O–H groups in total. The Bertz CT molecular complexity index is 1160. The molecule has 1 unspecified atom stereocenters. The number of allylic oxidation sites excluding steroid dienone is 2. The maximum atomic E-state index is 13.0. The molecule has 1 amide bonds. The molecule has 2 heterocycles. The van der Waals surface area contributed by atoms with Crippen molar-refractivity contribution in [2.75, 3.05) is 20.2 Å².